The van der Waals surface area contributed by atoms with Crippen LogP contribution in [0.1, 0.15) is 42.3 Å². The Hall–Kier alpha value is -2.14. The molecule has 1 saturated heterocycles. The van der Waals surface area contributed by atoms with E-state index in [4.69, 9.17) is 4.52 Å². The molecule has 1 aliphatic heterocycles. The Balaban J connectivity index is 1.53. The third-order valence-electron chi connectivity index (χ3n) is 4.95. The van der Waals surface area contributed by atoms with E-state index in [9.17, 15) is 4.79 Å². The Labute approximate surface area is 149 Å². The topological polar surface area (TPSA) is 58.4 Å². The van der Waals surface area contributed by atoms with E-state index in [-0.39, 0.29) is 5.91 Å². The molecule has 1 aromatic carbocycles. The van der Waals surface area contributed by atoms with Gasteiger partial charge in [-0.3, -0.25) is 4.79 Å². The number of benzene rings is 1. The maximum Gasteiger partial charge on any atom is 0.257 e. The fraction of sp³-hybridized carbons (Fsp3) is 0.500. The molecule has 1 amide bonds. The lowest BCUT2D eigenvalue weighted by Gasteiger charge is -2.30. The van der Waals surface area contributed by atoms with Gasteiger partial charge in [0.1, 0.15) is 17.0 Å². The van der Waals surface area contributed by atoms with Crippen molar-refractivity contribution in [2.45, 2.75) is 33.1 Å². The summed E-state index contributed by atoms with van der Waals surface area (Å²) in [5.74, 6) is 1.30. The van der Waals surface area contributed by atoms with Crippen LogP contribution in [-0.4, -0.2) is 42.1 Å². The number of aryl methyl sites for hydroxylation is 1. The van der Waals surface area contributed by atoms with Gasteiger partial charge in [-0.15, -0.1) is 0 Å². The molecule has 1 aromatic heterocycles. The number of nitrogens with zero attached hydrogens (tertiary/aromatic N) is 2. The Morgan fingerprint density at radius 2 is 2.00 bits per heavy atom. The van der Waals surface area contributed by atoms with Gasteiger partial charge in [0.15, 0.2) is 0 Å². The first-order valence-corrected chi connectivity index (χ1v) is 9.17. The molecule has 3 rings (SSSR count). The van der Waals surface area contributed by atoms with Crippen LogP contribution in [0.3, 0.4) is 0 Å². The van der Waals surface area contributed by atoms with Crippen molar-refractivity contribution in [3.8, 4) is 11.3 Å². The summed E-state index contributed by atoms with van der Waals surface area (Å²) >= 11 is 0. The van der Waals surface area contributed by atoms with Gasteiger partial charge in [-0.25, -0.2) is 0 Å². The first-order chi connectivity index (χ1) is 12.1. The molecule has 1 N–H and O–H groups in total. The van der Waals surface area contributed by atoms with Crippen molar-refractivity contribution in [3.05, 3.63) is 41.7 Å². The molecule has 0 bridgehead atoms. The van der Waals surface area contributed by atoms with Crippen LogP contribution in [-0.2, 0) is 0 Å². The van der Waals surface area contributed by atoms with Gasteiger partial charge in [0.25, 0.3) is 5.91 Å². The van der Waals surface area contributed by atoms with Crippen LogP contribution in [0, 0.1) is 12.8 Å². The van der Waals surface area contributed by atoms with Crippen LogP contribution < -0.4 is 5.32 Å². The molecule has 5 heteroatoms. The number of likely N-dealkylation sites (tertiary alicyclic amines) is 1. The summed E-state index contributed by atoms with van der Waals surface area (Å²) in [6.45, 7) is 8.17. The van der Waals surface area contributed by atoms with E-state index < -0.39 is 0 Å². The van der Waals surface area contributed by atoms with Crippen LogP contribution in [0.5, 0.6) is 0 Å². The number of hydrogen-bond donors (Lipinski definition) is 1. The normalized spacial score (nSPS) is 16.1. The van der Waals surface area contributed by atoms with Crippen molar-refractivity contribution in [3.63, 3.8) is 0 Å². The van der Waals surface area contributed by atoms with Gasteiger partial charge in [-0.2, -0.15) is 0 Å². The fourth-order valence-corrected chi connectivity index (χ4v) is 3.31. The standard InChI is InChI=1S/C20H27N3O2/c1-15-9-13-23(14-10-15)12-6-11-21-20(24)18-16(2)25-22-19(18)17-7-4-3-5-8-17/h3-5,7-8,15H,6,9-14H2,1-2H3,(H,21,24). The molecule has 0 atom stereocenters. The van der Waals surface area contributed by atoms with Crippen molar-refractivity contribution < 1.29 is 9.32 Å². The first-order valence-electron chi connectivity index (χ1n) is 9.17. The first kappa shape index (κ1) is 17.7. The third kappa shape index (κ3) is 4.48. The van der Waals surface area contributed by atoms with Crippen molar-refractivity contribution in [1.29, 1.82) is 0 Å². The van der Waals surface area contributed by atoms with Crippen LogP contribution in [0.15, 0.2) is 34.9 Å². The molecular formula is C20H27N3O2. The predicted octanol–water partition coefficient (Wildman–Crippen LogP) is 3.50. The highest BCUT2D eigenvalue weighted by Crippen LogP contribution is 2.24. The number of aromatic nitrogens is 1. The summed E-state index contributed by atoms with van der Waals surface area (Å²) in [6.07, 6.45) is 3.53. The molecule has 0 saturated carbocycles. The minimum atomic E-state index is -0.107. The maximum atomic E-state index is 12.6. The highest BCUT2D eigenvalue weighted by molar-refractivity contribution is 6.00. The number of piperidine rings is 1. The van der Waals surface area contributed by atoms with Gasteiger partial charge in [0.2, 0.25) is 0 Å². The van der Waals surface area contributed by atoms with Crippen molar-refractivity contribution in [1.82, 2.24) is 15.4 Å². The summed E-state index contributed by atoms with van der Waals surface area (Å²) in [6, 6.07) is 9.68. The molecule has 0 unspecified atom stereocenters. The van der Waals surface area contributed by atoms with Gasteiger partial charge < -0.3 is 14.7 Å². The molecule has 1 fully saturated rings. The maximum absolute atomic E-state index is 12.6. The second-order valence-corrected chi connectivity index (χ2v) is 6.96. The Bertz CT molecular complexity index is 688. The highest BCUT2D eigenvalue weighted by Gasteiger charge is 2.21. The summed E-state index contributed by atoms with van der Waals surface area (Å²) in [7, 11) is 0. The lowest BCUT2D eigenvalue weighted by atomic mass is 9.99. The van der Waals surface area contributed by atoms with Gasteiger partial charge in [-0.1, -0.05) is 42.4 Å². The summed E-state index contributed by atoms with van der Waals surface area (Å²) in [4.78, 5) is 15.1. The average Bonchev–Trinajstić information content (AvgIpc) is 3.02. The second-order valence-electron chi connectivity index (χ2n) is 6.96. The van der Waals surface area contributed by atoms with Crippen LogP contribution in [0.4, 0.5) is 0 Å². The van der Waals surface area contributed by atoms with Crippen LogP contribution in [0.25, 0.3) is 11.3 Å². The molecule has 0 aliphatic carbocycles. The zero-order chi connectivity index (χ0) is 17.6. The minimum Gasteiger partial charge on any atom is -0.360 e. The average molecular weight is 341 g/mol. The van der Waals surface area contributed by atoms with Crippen LogP contribution >= 0.6 is 0 Å². The van der Waals surface area contributed by atoms with E-state index >= 15 is 0 Å². The number of carbonyl (C=O) groups excluding carboxylic acids is 1. The van der Waals surface area contributed by atoms with Gasteiger partial charge in [0, 0.05) is 12.1 Å². The van der Waals surface area contributed by atoms with E-state index in [0.29, 0.717) is 23.6 Å². The Kier molecular flexibility index (Phi) is 5.87. The van der Waals surface area contributed by atoms with Crippen molar-refractivity contribution in [2.24, 2.45) is 5.92 Å². The molecule has 1 aliphatic rings. The zero-order valence-corrected chi connectivity index (χ0v) is 15.1. The fourth-order valence-electron chi connectivity index (χ4n) is 3.31. The molecule has 0 radical (unpaired) electrons. The Morgan fingerprint density at radius 3 is 2.72 bits per heavy atom. The molecule has 134 valence electrons. The summed E-state index contributed by atoms with van der Waals surface area (Å²) in [5.41, 5.74) is 2.05. The smallest absolute Gasteiger partial charge is 0.257 e. The van der Waals surface area contributed by atoms with Crippen molar-refractivity contribution >= 4 is 5.91 Å². The number of hydrogen-bond acceptors (Lipinski definition) is 4. The zero-order valence-electron chi connectivity index (χ0n) is 15.1. The van der Waals surface area contributed by atoms with E-state index in [1.54, 1.807) is 6.92 Å². The minimum absolute atomic E-state index is 0.107. The molecule has 5 nitrogen and oxygen atoms in total. The second kappa shape index (κ2) is 8.30. The third-order valence-corrected chi connectivity index (χ3v) is 4.95. The van der Waals surface area contributed by atoms with E-state index in [1.165, 1.54) is 25.9 Å². The van der Waals surface area contributed by atoms with E-state index in [2.05, 4.69) is 22.3 Å². The SMILES string of the molecule is Cc1onc(-c2ccccc2)c1C(=O)NCCCN1CCC(C)CC1. The number of nitrogens with one attached hydrogen (secondary N) is 1. The van der Waals surface area contributed by atoms with Gasteiger partial charge in [-0.05, 0) is 51.7 Å². The lowest BCUT2D eigenvalue weighted by molar-refractivity contribution is 0.0949. The number of amides is 1. The highest BCUT2D eigenvalue weighted by atomic mass is 16.5. The summed E-state index contributed by atoms with van der Waals surface area (Å²) in [5, 5.41) is 7.09. The van der Waals surface area contributed by atoms with E-state index in [1.807, 2.05) is 30.3 Å². The lowest BCUT2D eigenvalue weighted by Crippen LogP contribution is -2.35. The predicted molar refractivity (Wildman–Crippen MR) is 98.5 cm³/mol. The Morgan fingerprint density at radius 1 is 1.28 bits per heavy atom. The van der Waals surface area contributed by atoms with Crippen LogP contribution in [0.2, 0.25) is 0 Å². The molecule has 2 aromatic rings. The van der Waals surface area contributed by atoms with Crippen molar-refractivity contribution in [2.75, 3.05) is 26.2 Å². The number of carbonyl (C=O) groups is 1. The van der Waals surface area contributed by atoms with Gasteiger partial charge in [0.05, 0.1) is 0 Å². The largest absolute Gasteiger partial charge is 0.360 e. The quantitative estimate of drug-likeness (QED) is 0.817. The molecular weight excluding hydrogens is 314 g/mol. The molecule has 0 spiro atoms. The molecule has 2 heterocycles. The molecule has 25 heavy (non-hydrogen) atoms. The van der Waals surface area contributed by atoms with Gasteiger partial charge >= 0.3 is 0 Å². The van der Waals surface area contributed by atoms with E-state index in [0.717, 1.165) is 24.4 Å². The summed E-state index contributed by atoms with van der Waals surface area (Å²) < 4.78 is 5.26. The number of rotatable bonds is 6. The monoisotopic (exact) mass is 341 g/mol.